The number of nitrogens with zero attached hydrogens (tertiary/aromatic N) is 3. The number of hydrogen-bond donors (Lipinski definition) is 6. The molecule has 6 N–H and O–H groups in total. The van der Waals surface area contributed by atoms with Gasteiger partial charge in [-0.3, -0.25) is 38.5 Å². The molecule has 1 aromatic rings. The molecule has 0 aromatic carbocycles. The Balaban J connectivity index is 1.53. The van der Waals surface area contributed by atoms with Gasteiger partial charge in [-0.15, -0.1) is 0 Å². The molecule has 71 heavy (non-hydrogen) atoms. The number of nitrogens with one attached hydrogen (secondary N) is 4. The summed E-state index contributed by atoms with van der Waals surface area (Å²) >= 11 is 0. The van der Waals surface area contributed by atoms with E-state index in [4.69, 9.17) is 0 Å². The van der Waals surface area contributed by atoms with E-state index in [1.165, 1.54) is 34.4 Å². The van der Waals surface area contributed by atoms with Crippen LogP contribution in [0.3, 0.4) is 0 Å². The van der Waals surface area contributed by atoms with Gasteiger partial charge in [0.15, 0.2) is 0 Å². The number of allylic oxidation sites excluding steroid dienone is 1. The number of carbonyl (C=O) groups is 9. The van der Waals surface area contributed by atoms with Crippen LogP contribution in [-0.4, -0.2) is 122 Å². The molecule has 2 heterocycles. The van der Waals surface area contributed by atoms with Crippen LogP contribution < -0.4 is 21.3 Å². The Morgan fingerprint density at radius 1 is 0.803 bits per heavy atom. The van der Waals surface area contributed by atoms with Crippen LogP contribution in [-0.2, 0) is 62.0 Å². The Hall–Kier alpha value is -6.07. The van der Waals surface area contributed by atoms with Crippen molar-refractivity contribution in [2.24, 2.45) is 24.3 Å². The summed E-state index contributed by atoms with van der Waals surface area (Å²) < 4.78 is 2.09. The summed E-state index contributed by atoms with van der Waals surface area (Å²) in [5.74, 6) is -6.15. The Morgan fingerprint density at radius 2 is 1.46 bits per heavy atom. The molecule has 1 aliphatic carbocycles. The van der Waals surface area contributed by atoms with Gasteiger partial charge < -0.3 is 40.9 Å². The highest BCUT2D eigenvalue weighted by Crippen LogP contribution is 2.38. The number of carboxylic acids is 2. The summed E-state index contributed by atoms with van der Waals surface area (Å²) in [4.78, 5) is 118. The molecular weight excluding hydrogens is 911 g/mol. The number of aromatic nitrogens is 1. The molecule has 2 aliphatic rings. The van der Waals surface area contributed by atoms with Crippen LogP contribution in [0.15, 0.2) is 36.1 Å². The molecule has 394 valence electrons. The molecule has 18 heteroatoms. The van der Waals surface area contributed by atoms with Crippen LogP contribution in [0.25, 0.3) is 6.08 Å². The highest BCUT2D eigenvalue weighted by atomic mass is 16.4. The van der Waals surface area contributed by atoms with E-state index in [0.717, 1.165) is 24.1 Å². The summed E-state index contributed by atoms with van der Waals surface area (Å²) in [6.07, 6.45) is 15.4. The van der Waals surface area contributed by atoms with E-state index in [1.807, 2.05) is 48.6 Å². The fourth-order valence-corrected chi connectivity index (χ4v) is 8.97. The predicted molar refractivity (Wildman–Crippen MR) is 270 cm³/mol. The predicted octanol–water partition coefficient (Wildman–Crippen LogP) is 5.33. The number of aliphatic carboxylic acids is 2. The highest BCUT2D eigenvalue weighted by molar-refractivity contribution is 6.04. The zero-order valence-corrected chi connectivity index (χ0v) is 43.9. The van der Waals surface area contributed by atoms with Gasteiger partial charge in [0.05, 0.1) is 6.04 Å². The van der Waals surface area contributed by atoms with Crippen LogP contribution >= 0.6 is 0 Å². The molecule has 0 fully saturated rings. The lowest BCUT2D eigenvalue weighted by atomic mass is 9.72. The van der Waals surface area contributed by atoms with E-state index in [0.29, 0.717) is 51.6 Å². The number of likely N-dealkylation sites (N-methyl/N-ethyl adjacent to an activating group) is 1. The van der Waals surface area contributed by atoms with E-state index in [2.05, 4.69) is 58.0 Å². The molecule has 5 atom stereocenters. The highest BCUT2D eigenvalue weighted by Gasteiger charge is 2.40. The van der Waals surface area contributed by atoms with Gasteiger partial charge in [-0.05, 0) is 93.2 Å². The summed E-state index contributed by atoms with van der Waals surface area (Å²) in [5, 5.41) is 30.5. The number of hydrogen-bond acceptors (Lipinski definition) is 9. The number of imide groups is 1. The van der Waals surface area contributed by atoms with Gasteiger partial charge in [-0.2, -0.15) is 0 Å². The van der Waals surface area contributed by atoms with Crippen molar-refractivity contribution in [1.82, 2.24) is 35.6 Å². The van der Waals surface area contributed by atoms with Gasteiger partial charge in [-0.1, -0.05) is 80.0 Å². The lowest BCUT2D eigenvalue weighted by molar-refractivity contribution is -0.143. The molecule has 1 aromatic heterocycles. The van der Waals surface area contributed by atoms with Crippen molar-refractivity contribution in [3.8, 4) is 0 Å². The zero-order chi connectivity index (χ0) is 53.4. The number of fused-ring (bicyclic) bond motifs is 1. The standard InChI is InChI=1S/C53H81N7O11/c1-33(2)42(59(11)49(67)40(31-52(5,6)7)57-48(66)35(4)53(8,9)37-32-58(10)41-22-15-14-20-36(37)41)30-34(3)47(65)56-39(51(70)71)26-27-44(62)55-38(50(68)69)21-16-17-28-54-43(61)23-13-12-18-29-60-45(63)24-19-25-46(60)64/h15,19,22,24,30,32-33,35,38-40,42H,12-14,16-18,20-21,23,25-29,31H2,1-11H3,(H,54,61)(H,55,62)(H,56,65)(H,57,66)(H,68,69)(H,70,71)/b34-30+/t35-,38+,39-,40?,42-/m1/s1. The number of carbonyl (C=O) groups excluding carboxylic acids is 7. The average Bonchev–Trinajstić information content (AvgIpc) is 3.64. The van der Waals surface area contributed by atoms with Crippen molar-refractivity contribution in [1.29, 1.82) is 0 Å². The second-order valence-electron chi connectivity index (χ2n) is 21.3. The van der Waals surface area contributed by atoms with E-state index in [-0.39, 0.29) is 72.1 Å². The fraction of sp³-hybridized carbons (Fsp3) is 0.642. The van der Waals surface area contributed by atoms with Crippen LogP contribution in [0.2, 0.25) is 0 Å². The lowest BCUT2D eigenvalue weighted by Gasteiger charge is -2.37. The number of carboxylic acid groups (broad SMARTS) is 2. The van der Waals surface area contributed by atoms with Crippen molar-refractivity contribution in [3.05, 3.63) is 52.9 Å². The van der Waals surface area contributed by atoms with Crippen molar-refractivity contribution in [2.45, 2.75) is 175 Å². The van der Waals surface area contributed by atoms with E-state index >= 15 is 0 Å². The monoisotopic (exact) mass is 992 g/mol. The van der Waals surface area contributed by atoms with Gasteiger partial charge in [0.1, 0.15) is 18.1 Å². The summed E-state index contributed by atoms with van der Waals surface area (Å²) in [7, 11) is 3.62. The third-order valence-electron chi connectivity index (χ3n) is 13.6. The van der Waals surface area contributed by atoms with Gasteiger partial charge >= 0.3 is 11.9 Å². The molecule has 0 radical (unpaired) electrons. The molecule has 7 amide bonds. The van der Waals surface area contributed by atoms with Crippen LogP contribution in [0.5, 0.6) is 0 Å². The molecule has 3 rings (SSSR count). The van der Waals surface area contributed by atoms with Crippen molar-refractivity contribution >= 4 is 59.4 Å². The molecule has 1 unspecified atom stereocenters. The SMILES string of the molecule is C/C(=C\[C@H](C(C)C)N(C)C(=O)C(CC(C)(C)C)NC(=O)[C@@H](C)C(C)(C)c1cn(C)c2c1CCC=C2)C(=O)N[C@H](CCC(=O)N[C@@H](CCCCNC(=O)CCCCCN1C(=O)C=CCC1=O)C(=O)O)C(=O)O. The first-order valence-electron chi connectivity index (χ1n) is 25.1. The van der Waals surface area contributed by atoms with Crippen LogP contribution in [0.1, 0.15) is 156 Å². The Kier molecular flexibility index (Phi) is 22.5. The molecular formula is C53H81N7O11. The van der Waals surface area contributed by atoms with E-state index < -0.39 is 65.7 Å². The molecule has 18 nitrogen and oxygen atoms in total. The molecule has 0 saturated heterocycles. The first-order chi connectivity index (χ1) is 33.2. The largest absolute Gasteiger partial charge is 0.480 e. The van der Waals surface area contributed by atoms with E-state index in [9.17, 15) is 53.4 Å². The Labute approximate surface area is 419 Å². The number of rotatable bonds is 28. The second-order valence-corrected chi connectivity index (χ2v) is 21.3. The first kappa shape index (κ1) is 59.2. The summed E-state index contributed by atoms with van der Waals surface area (Å²) in [6, 6.07) is -4.26. The number of amides is 7. The molecule has 0 bridgehead atoms. The molecule has 1 aliphatic heterocycles. The normalized spacial score (nSPS) is 16.1. The van der Waals surface area contributed by atoms with Gasteiger partial charge in [-0.25, -0.2) is 9.59 Å². The quantitative estimate of drug-likeness (QED) is 0.0356. The maximum atomic E-state index is 14.4. The Morgan fingerprint density at radius 3 is 2.08 bits per heavy atom. The molecule has 0 spiro atoms. The number of unbranched alkanes of at least 4 members (excludes halogenated alkanes) is 3. The third kappa shape index (κ3) is 17.9. The Bertz CT molecular complexity index is 2200. The van der Waals surface area contributed by atoms with Crippen molar-refractivity contribution < 1.29 is 53.4 Å². The summed E-state index contributed by atoms with van der Waals surface area (Å²) in [6.45, 7) is 17.8. The van der Waals surface area contributed by atoms with Gasteiger partial charge in [0, 0.05) is 81.3 Å². The topological polar surface area (TPSA) is 254 Å². The maximum Gasteiger partial charge on any atom is 0.326 e. The van der Waals surface area contributed by atoms with Gasteiger partial charge in [0.2, 0.25) is 35.4 Å². The summed E-state index contributed by atoms with van der Waals surface area (Å²) in [5.41, 5.74) is 2.69. The first-order valence-corrected chi connectivity index (χ1v) is 25.1. The minimum absolute atomic E-state index is 0.0611. The smallest absolute Gasteiger partial charge is 0.326 e. The van der Waals surface area contributed by atoms with E-state index in [1.54, 1.807) is 13.1 Å². The maximum absolute atomic E-state index is 14.4. The zero-order valence-electron chi connectivity index (χ0n) is 43.9. The minimum Gasteiger partial charge on any atom is -0.480 e. The van der Waals surface area contributed by atoms with Crippen LogP contribution in [0, 0.1) is 17.3 Å². The van der Waals surface area contributed by atoms with Gasteiger partial charge in [0.25, 0.3) is 5.91 Å². The minimum atomic E-state index is -1.49. The van der Waals surface area contributed by atoms with Crippen molar-refractivity contribution in [2.75, 3.05) is 20.1 Å². The third-order valence-corrected chi connectivity index (χ3v) is 13.6. The van der Waals surface area contributed by atoms with Crippen LogP contribution in [0.4, 0.5) is 0 Å². The number of aryl methyl sites for hydroxylation is 1. The fourth-order valence-electron chi connectivity index (χ4n) is 8.97. The van der Waals surface area contributed by atoms with Crippen molar-refractivity contribution in [3.63, 3.8) is 0 Å². The molecule has 0 saturated carbocycles. The second kappa shape index (κ2) is 26.9. The average molecular weight is 992 g/mol. The lowest BCUT2D eigenvalue weighted by Crippen LogP contribution is -2.54.